The van der Waals surface area contributed by atoms with Crippen LogP contribution in [0, 0.1) is 5.92 Å². The molecule has 1 fully saturated rings. The number of carbonyl (C=O) groups is 1. The second kappa shape index (κ2) is 6.16. The number of fused-ring (bicyclic) bond motifs is 1. The topological polar surface area (TPSA) is 59.9 Å². The van der Waals surface area contributed by atoms with Crippen LogP contribution in [0.2, 0.25) is 0 Å². The monoisotopic (exact) mass is 288 g/mol. The van der Waals surface area contributed by atoms with Crippen molar-refractivity contribution in [3.05, 3.63) is 24.3 Å². The van der Waals surface area contributed by atoms with Crippen LogP contribution in [-0.4, -0.2) is 24.3 Å². The zero-order chi connectivity index (χ0) is 14.7. The van der Waals surface area contributed by atoms with Crippen molar-refractivity contribution in [2.75, 3.05) is 6.61 Å². The van der Waals surface area contributed by atoms with E-state index in [1.54, 1.807) is 6.07 Å². The molecule has 1 aliphatic carbocycles. The molecule has 3 rings (SSSR count). The van der Waals surface area contributed by atoms with Crippen molar-refractivity contribution in [2.24, 2.45) is 11.0 Å². The molecular weight excluding hydrogens is 268 g/mol. The second-order valence-electron chi connectivity index (χ2n) is 5.59. The van der Waals surface area contributed by atoms with Crippen molar-refractivity contribution in [3.8, 4) is 11.5 Å². The van der Waals surface area contributed by atoms with Gasteiger partial charge in [-0.05, 0) is 37.3 Å². The van der Waals surface area contributed by atoms with E-state index in [0.717, 1.165) is 25.0 Å². The molecular formula is C16H20N2O3. The van der Waals surface area contributed by atoms with Crippen molar-refractivity contribution in [1.82, 2.24) is 5.43 Å². The number of benzene rings is 1. The zero-order valence-electron chi connectivity index (χ0n) is 12.2. The van der Waals surface area contributed by atoms with E-state index in [2.05, 4.69) is 17.5 Å². The van der Waals surface area contributed by atoms with Crippen molar-refractivity contribution < 1.29 is 14.3 Å². The van der Waals surface area contributed by atoms with Gasteiger partial charge in [0.2, 0.25) is 6.10 Å². The number of ether oxygens (including phenoxy) is 2. The van der Waals surface area contributed by atoms with E-state index in [1.807, 2.05) is 18.2 Å². The number of hydrogen-bond acceptors (Lipinski definition) is 4. The number of nitrogens with one attached hydrogen (secondary N) is 1. The van der Waals surface area contributed by atoms with Crippen molar-refractivity contribution in [3.63, 3.8) is 0 Å². The summed E-state index contributed by atoms with van der Waals surface area (Å²) in [6, 6.07) is 7.35. The molecule has 0 spiro atoms. The number of carbonyl (C=O) groups excluding carboxylic acids is 1. The second-order valence-corrected chi connectivity index (χ2v) is 5.59. The first-order valence-electron chi connectivity index (χ1n) is 7.49. The van der Waals surface area contributed by atoms with E-state index < -0.39 is 6.10 Å². The summed E-state index contributed by atoms with van der Waals surface area (Å²) < 4.78 is 11.2. The fraction of sp³-hybridized carbons (Fsp3) is 0.500. The maximum atomic E-state index is 12.1. The van der Waals surface area contributed by atoms with E-state index in [1.165, 1.54) is 6.42 Å². The smallest absolute Gasteiger partial charge is 0.284 e. The molecule has 112 valence electrons. The highest BCUT2D eigenvalue weighted by atomic mass is 16.6. The summed E-state index contributed by atoms with van der Waals surface area (Å²) in [7, 11) is 0. The van der Waals surface area contributed by atoms with E-state index in [9.17, 15) is 4.79 Å². The number of rotatable bonds is 2. The third-order valence-electron chi connectivity index (χ3n) is 4.00. The Balaban J connectivity index is 1.60. The predicted octanol–water partition coefficient (Wildman–Crippen LogP) is 2.51. The Morgan fingerprint density at radius 1 is 1.29 bits per heavy atom. The molecule has 1 heterocycles. The van der Waals surface area contributed by atoms with Gasteiger partial charge in [0.25, 0.3) is 5.91 Å². The van der Waals surface area contributed by atoms with E-state index in [0.29, 0.717) is 17.4 Å². The maximum Gasteiger partial charge on any atom is 0.284 e. The van der Waals surface area contributed by atoms with E-state index in [-0.39, 0.29) is 12.5 Å². The predicted molar refractivity (Wildman–Crippen MR) is 79.6 cm³/mol. The average Bonchev–Trinajstić information content (AvgIpc) is 2.53. The number of nitrogens with zero attached hydrogens (tertiary/aromatic N) is 1. The normalized spacial score (nSPS) is 26.4. The van der Waals surface area contributed by atoms with Gasteiger partial charge in [-0.1, -0.05) is 25.5 Å². The average molecular weight is 288 g/mol. The Kier molecular flexibility index (Phi) is 4.08. The Labute approximate surface area is 124 Å². The van der Waals surface area contributed by atoms with Gasteiger partial charge < -0.3 is 9.47 Å². The van der Waals surface area contributed by atoms with Crippen LogP contribution in [0.15, 0.2) is 29.4 Å². The van der Waals surface area contributed by atoms with Crippen LogP contribution in [0.1, 0.15) is 32.6 Å². The van der Waals surface area contributed by atoms with Crippen LogP contribution in [-0.2, 0) is 4.79 Å². The molecule has 1 aliphatic heterocycles. The van der Waals surface area contributed by atoms with E-state index in [4.69, 9.17) is 9.47 Å². The van der Waals surface area contributed by atoms with Gasteiger partial charge in [-0.15, -0.1) is 0 Å². The Hall–Kier alpha value is -2.04. The minimum Gasteiger partial charge on any atom is -0.485 e. The number of amides is 1. The van der Waals surface area contributed by atoms with Crippen LogP contribution in [0.25, 0.3) is 0 Å². The standard InChI is InChI=1S/C16H20N2O3/c1-11-6-2-3-7-12(11)17-18-16(19)15-10-20-13-8-4-5-9-14(13)21-15/h4-5,8-9,11,15H,2-3,6-7,10H2,1H3,(H,18,19)/b17-12-. The van der Waals surface area contributed by atoms with E-state index >= 15 is 0 Å². The number of hydrogen-bond donors (Lipinski definition) is 1. The fourth-order valence-electron chi connectivity index (χ4n) is 2.68. The highest BCUT2D eigenvalue weighted by Gasteiger charge is 2.27. The Morgan fingerprint density at radius 2 is 2.10 bits per heavy atom. The molecule has 2 unspecified atom stereocenters. The summed E-state index contributed by atoms with van der Waals surface area (Å²) in [5.74, 6) is 1.47. The number of hydrazone groups is 1. The molecule has 0 radical (unpaired) electrons. The Morgan fingerprint density at radius 3 is 2.90 bits per heavy atom. The Bertz CT molecular complexity index is 556. The largest absolute Gasteiger partial charge is 0.485 e. The van der Waals surface area contributed by atoms with Gasteiger partial charge in [-0.25, -0.2) is 5.43 Å². The van der Waals surface area contributed by atoms with Crippen LogP contribution < -0.4 is 14.9 Å². The number of para-hydroxylation sites is 2. The first-order valence-corrected chi connectivity index (χ1v) is 7.49. The van der Waals surface area contributed by atoms with Gasteiger partial charge >= 0.3 is 0 Å². The molecule has 1 aromatic rings. The lowest BCUT2D eigenvalue weighted by atomic mass is 9.89. The summed E-state index contributed by atoms with van der Waals surface area (Å²) in [4.78, 5) is 12.1. The third kappa shape index (κ3) is 3.17. The maximum absolute atomic E-state index is 12.1. The van der Waals surface area contributed by atoms with Gasteiger partial charge in [0.15, 0.2) is 11.5 Å². The third-order valence-corrected chi connectivity index (χ3v) is 4.00. The van der Waals surface area contributed by atoms with Crippen molar-refractivity contribution in [2.45, 2.75) is 38.7 Å². The van der Waals surface area contributed by atoms with Crippen LogP contribution in [0.4, 0.5) is 0 Å². The first-order chi connectivity index (χ1) is 10.2. The van der Waals surface area contributed by atoms with Gasteiger partial charge in [0.05, 0.1) is 0 Å². The summed E-state index contributed by atoms with van der Waals surface area (Å²) in [6.07, 6.45) is 3.85. The lowest BCUT2D eigenvalue weighted by Gasteiger charge is -2.25. The highest BCUT2D eigenvalue weighted by molar-refractivity contribution is 5.89. The van der Waals surface area contributed by atoms with Crippen molar-refractivity contribution >= 4 is 11.6 Å². The lowest BCUT2D eigenvalue weighted by molar-refractivity contribution is -0.130. The van der Waals surface area contributed by atoms with Crippen LogP contribution in [0.3, 0.4) is 0 Å². The molecule has 1 saturated carbocycles. The minimum atomic E-state index is -0.650. The van der Waals surface area contributed by atoms with Crippen LogP contribution >= 0.6 is 0 Å². The molecule has 0 saturated heterocycles. The molecule has 1 N–H and O–H groups in total. The summed E-state index contributed by atoms with van der Waals surface area (Å²) in [5.41, 5.74) is 3.70. The summed E-state index contributed by atoms with van der Waals surface area (Å²) in [5, 5.41) is 4.28. The molecule has 5 nitrogen and oxygen atoms in total. The molecule has 1 amide bonds. The first kappa shape index (κ1) is 13.9. The van der Waals surface area contributed by atoms with Crippen LogP contribution in [0.5, 0.6) is 11.5 Å². The fourth-order valence-corrected chi connectivity index (χ4v) is 2.68. The quantitative estimate of drug-likeness (QED) is 0.851. The van der Waals surface area contributed by atoms with Gasteiger partial charge in [-0.2, -0.15) is 5.10 Å². The van der Waals surface area contributed by atoms with Gasteiger partial charge in [0.1, 0.15) is 6.61 Å². The summed E-state index contributed by atoms with van der Waals surface area (Å²) >= 11 is 0. The molecule has 1 aromatic carbocycles. The molecule has 0 aromatic heterocycles. The summed E-state index contributed by atoms with van der Waals surface area (Å²) in [6.45, 7) is 2.36. The highest BCUT2D eigenvalue weighted by Crippen LogP contribution is 2.30. The molecule has 2 aliphatic rings. The molecule has 5 heteroatoms. The molecule has 21 heavy (non-hydrogen) atoms. The van der Waals surface area contributed by atoms with Crippen molar-refractivity contribution in [1.29, 1.82) is 0 Å². The molecule has 2 atom stereocenters. The van der Waals surface area contributed by atoms with Gasteiger partial charge in [0, 0.05) is 5.71 Å². The lowest BCUT2D eigenvalue weighted by Crippen LogP contribution is -2.42. The zero-order valence-corrected chi connectivity index (χ0v) is 12.2. The molecule has 0 bridgehead atoms. The van der Waals surface area contributed by atoms with Gasteiger partial charge in [-0.3, -0.25) is 4.79 Å². The minimum absolute atomic E-state index is 0.212. The SMILES string of the molecule is CC1CCCC/C1=N/NC(=O)C1COc2ccccc2O1.